The van der Waals surface area contributed by atoms with Crippen molar-refractivity contribution in [3.63, 3.8) is 0 Å². The molecule has 16 heavy (non-hydrogen) atoms. The molecule has 88 valence electrons. The molecule has 0 saturated heterocycles. The molecule has 0 aromatic carbocycles. The molecule has 0 saturated carbocycles. The second-order valence-electron chi connectivity index (χ2n) is 4.52. The lowest BCUT2D eigenvalue weighted by Gasteiger charge is -2.15. The van der Waals surface area contributed by atoms with E-state index in [9.17, 15) is 0 Å². The molecule has 0 fully saturated rings. The number of thioether (sulfide) groups is 1. The van der Waals surface area contributed by atoms with E-state index in [2.05, 4.69) is 37.0 Å². The van der Waals surface area contributed by atoms with Crippen LogP contribution in [0.2, 0.25) is 0 Å². The van der Waals surface area contributed by atoms with Crippen LogP contribution in [-0.4, -0.2) is 14.9 Å². The maximum Gasteiger partial charge on any atom is 0.226 e. The number of nitriles is 1. The van der Waals surface area contributed by atoms with Gasteiger partial charge in [-0.25, -0.2) is 0 Å². The Morgan fingerprint density at radius 2 is 2.19 bits per heavy atom. The van der Waals surface area contributed by atoms with Gasteiger partial charge in [0.1, 0.15) is 0 Å². The first kappa shape index (κ1) is 13.0. The highest BCUT2D eigenvalue weighted by Crippen LogP contribution is 2.26. The predicted octanol–water partition coefficient (Wildman–Crippen LogP) is 2.95. The quantitative estimate of drug-likeness (QED) is 0.739. The molecule has 0 aliphatic heterocycles. The average molecular weight is 239 g/mol. The molecular weight excluding hydrogens is 222 g/mol. The van der Waals surface area contributed by atoms with Crippen molar-refractivity contribution in [1.29, 1.82) is 5.26 Å². The summed E-state index contributed by atoms with van der Waals surface area (Å²) in [5.41, 5.74) is 0. The van der Waals surface area contributed by atoms with Gasteiger partial charge in [0, 0.05) is 17.6 Å². The molecule has 0 N–H and O–H groups in total. The molecule has 4 nitrogen and oxygen atoms in total. The molecule has 1 aromatic heterocycles. The highest BCUT2D eigenvalue weighted by atomic mass is 32.2. The van der Waals surface area contributed by atoms with E-state index in [0.29, 0.717) is 18.7 Å². The van der Waals surface area contributed by atoms with Crippen LogP contribution in [0.25, 0.3) is 0 Å². The van der Waals surface area contributed by atoms with E-state index in [1.54, 1.807) is 11.8 Å². The number of hydrogen-bond donors (Lipinski definition) is 0. The Balaban J connectivity index is 2.37. The van der Waals surface area contributed by atoms with Gasteiger partial charge in [-0.05, 0) is 6.42 Å². The molecule has 0 amide bonds. The standard InChI is InChI=1S/C11H17N3OS/c1-11(2,3)16-8-9-13-10(15-14-9)6-4-5-7-12/h4-6,8H2,1-3H3. The average Bonchev–Trinajstić information content (AvgIpc) is 2.62. The Kier molecular flexibility index (Phi) is 4.81. The van der Waals surface area contributed by atoms with Crippen molar-refractivity contribution < 1.29 is 4.52 Å². The molecule has 0 aliphatic carbocycles. The first-order chi connectivity index (χ1) is 7.51. The van der Waals surface area contributed by atoms with E-state index in [-0.39, 0.29) is 4.75 Å². The van der Waals surface area contributed by atoms with Gasteiger partial charge in [0.15, 0.2) is 5.82 Å². The molecule has 1 heterocycles. The summed E-state index contributed by atoms with van der Waals surface area (Å²) in [4.78, 5) is 4.28. The van der Waals surface area contributed by atoms with Crippen LogP contribution in [0, 0.1) is 11.3 Å². The fourth-order valence-electron chi connectivity index (χ4n) is 1.05. The molecule has 0 spiro atoms. The van der Waals surface area contributed by atoms with Crippen LogP contribution in [-0.2, 0) is 12.2 Å². The lowest BCUT2D eigenvalue weighted by Crippen LogP contribution is -2.07. The summed E-state index contributed by atoms with van der Waals surface area (Å²) in [6, 6.07) is 2.10. The molecule has 0 aliphatic rings. The molecule has 5 heteroatoms. The van der Waals surface area contributed by atoms with Crippen molar-refractivity contribution >= 4 is 11.8 Å². The number of hydrogen-bond acceptors (Lipinski definition) is 5. The summed E-state index contributed by atoms with van der Waals surface area (Å²) in [5.74, 6) is 2.15. The Hall–Kier alpha value is -1.02. The van der Waals surface area contributed by atoms with Crippen molar-refractivity contribution in [2.24, 2.45) is 0 Å². The molecule has 1 aromatic rings. The molecule has 0 atom stereocenters. The van der Waals surface area contributed by atoms with Gasteiger partial charge in [0.2, 0.25) is 5.89 Å². The van der Waals surface area contributed by atoms with Crippen molar-refractivity contribution in [2.45, 2.75) is 50.5 Å². The van der Waals surface area contributed by atoms with E-state index >= 15 is 0 Å². The highest BCUT2D eigenvalue weighted by molar-refractivity contribution is 7.99. The van der Waals surface area contributed by atoms with E-state index in [4.69, 9.17) is 9.78 Å². The van der Waals surface area contributed by atoms with E-state index < -0.39 is 0 Å². The summed E-state index contributed by atoms with van der Waals surface area (Å²) in [6.07, 6.45) is 2.01. The van der Waals surface area contributed by atoms with Crippen LogP contribution < -0.4 is 0 Å². The van der Waals surface area contributed by atoms with Gasteiger partial charge in [0.25, 0.3) is 0 Å². The summed E-state index contributed by atoms with van der Waals surface area (Å²) in [7, 11) is 0. The van der Waals surface area contributed by atoms with E-state index in [1.807, 2.05) is 0 Å². The van der Waals surface area contributed by atoms with Gasteiger partial charge in [-0.2, -0.15) is 10.2 Å². The fourth-order valence-corrected chi connectivity index (χ4v) is 1.73. The molecule has 0 bridgehead atoms. The SMILES string of the molecule is CC(C)(C)SCc1noc(CCCC#N)n1. The maximum atomic E-state index is 8.40. The van der Waals surface area contributed by atoms with Crippen molar-refractivity contribution in [3.8, 4) is 6.07 Å². The van der Waals surface area contributed by atoms with E-state index in [1.165, 1.54) is 0 Å². The van der Waals surface area contributed by atoms with Crippen molar-refractivity contribution in [2.75, 3.05) is 0 Å². The van der Waals surface area contributed by atoms with Gasteiger partial charge < -0.3 is 4.52 Å². The zero-order chi connectivity index (χ0) is 12.0. The highest BCUT2D eigenvalue weighted by Gasteiger charge is 2.13. The largest absolute Gasteiger partial charge is 0.339 e. The van der Waals surface area contributed by atoms with Crippen LogP contribution in [0.15, 0.2) is 4.52 Å². The lowest BCUT2D eigenvalue weighted by atomic mass is 10.2. The Labute approximate surface area is 100 Å². The monoisotopic (exact) mass is 239 g/mol. The van der Waals surface area contributed by atoms with Gasteiger partial charge in [-0.15, -0.1) is 11.8 Å². The number of nitrogens with zero attached hydrogens (tertiary/aromatic N) is 3. The smallest absolute Gasteiger partial charge is 0.226 e. The Morgan fingerprint density at radius 3 is 2.81 bits per heavy atom. The third-order valence-electron chi connectivity index (χ3n) is 1.82. The predicted molar refractivity (Wildman–Crippen MR) is 63.9 cm³/mol. The van der Waals surface area contributed by atoms with Gasteiger partial charge in [-0.1, -0.05) is 25.9 Å². The summed E-state index contributed by atoms with van der Waals surface area (Å²) < 4.78 is 5.30. The second kappa shape index (κ2) is 5.90. The van der Waals surface area contributed by atoms with Gasteiger partial charge in [0.05, 0.1) is 11.8 Å². The van der Waals surface area contributed by atoms with Crippen LogP contribution in [0.5, 0.6) is 0 Å². The second-order valence-corrected chi connectivity index (χ2v) is 6.32. The van der Waals surface area contributed by atoms with E-state index in [0.717, 1.165) is 18.0 Å². The van der Waals surface area contributed by atoms with Crippen molar-refractivity contribution in [1.82, 2.24) is 10.1 Å². The first-order valence-electron chi connectivity index (χ1n) is 5.33. The van der Waals surface area contributed by atoms with Crippen LogP contribution in [0.1, 0.15) is 45.3 Å². The zero-order valence-corrected chi connectivity index (χ0v) is 10.8. The normalized spacial score (nSPS) is 11.4. The summed E-state index contributed by atoms with van der Waals surface area (Å²) >= 11 is 1.79. The van der Waals surface area contributed by atoms with Crippen LogP contribution >= 0.6 is 11.8 Å². The van der Waals surface area contributed by atoms with Gasteiger partial charge >= 0.3 is 0 Å². The van der Waals surface area contributed by atoms with Crippen LogP contribution in [0.3, 0.4) is 0 Å². The minimum atomic E-state index is 0.210. The molecule has 1 rings (SSSR count). The molecule has 0 radical (unpaired) electrons. The molecular formula is C11H17N3OS. The Morgan fingerprint density at radius 1 is 1.44 bits per heavy atom. The van der Waals surface area contributed by atoms with Crippen LogP contribution in [0.4, 0.5) is 0 Å². The summed E-state index contributed by atoms with van der Waals surface area (Å²) in [6.45, 7) is 6.47. The first-order valence-corrected chi connectivity index (χ1v) is 6.32. The maximum absolute atomic E-state index is 8.40. The third-order valence-corrected chi connectivity index (χ3v) is 3.09. The third kappa shape index (κ3) is 5.17. The number of aromatic nitrogens is 2. The van der Waals surface area contributed by atoms with Crippen molar-refractivity contribution in [3.05, 3.63) is 11.7 Å². The number of unbranched alkanes of at least 4 members (excludes halogenated alkanes) is 1. The Bertz CT molecular complexity index is 362. The minimum absolute atomic E-state index is 0.210. The summed E-state index contributed by atoms with van der Waals surface area (Å²) in [5, 5.41) is 12.3. The number of aryl methyl sites for hydroxylation is 1. The lowest BCUT2D eigenvalue weighted by molar-refractivity contribution is 0.372. The topological polar surface area (TPSA) is 62.7 Å². The number of rotatable bonds is 5. The van der Waals surface area contributed by atoms with Gasteiger partial charge in [-0.3, -0.25) is 0 Å². The minimum Gasteiger partial charge on any atom is -0.339 e. The zero-order valence-electron chi connectivity index (χ0n) is 9.99. The molecule has 0 unspecified atom stereocenters. The fraction of sp³-hybridized carbons (Fsp3) is 0.727.